The fraction of sp³-hybridized carbons (Fsp3) is 0.500. The largest absolute Gasteiger partial charge is 0.396 e. The van der Waals surface area contributed by atoms with Gasteiger partial charge in [0, 0.05) is 38.4 Å². The summed E-state index contributed by atoms with van der Waals surface area (Å²) in [5.74, 6) is -0.635. The van der Waals surface area contributed by atoms with Crippen LogP contribution < -0.4 is 11.1 Å². The van der Waals surface area contributed by atoms with Crippen molar-refractivity contribution in [1.82, 2.24) is 9.80 Å². The molecule has 1 aromatic rings. The minimum Gasteiger partial charge on any atom is -0.396 e. The predicted octanol–water partition coefficient (Wildman–Crippen LogP) is -0.0437. The molecule has 116 valence electrons. The maximum Gasteiger partial charge on any atom is 0.238 e. The van der Waals surface area contributed by atoms with Crippen LogP contribution in [-0.2, 0) is 4.79 Å². The summed E-state index contributed by atoms with van der Waals surface area (Å²) in [7, 11) is 0. The van der Waals surface area contributed by atoms with Crippen molar-refractivity contribution in [3.63, 3.8) is 0 Å². The van der Waals surface area contributed by atoms with Crippen molar-refractivity contribution in [2.24, 2.45) is 0 Å². The molecule has 1 aliphatic heterocycles. The first-order valence-electron chi connectivity index (χ1n) is 6.99. The van der Waals surface area contributed by atoms with Gasteiger partial charge in [-0.3, -0.25) is 14.6 Å². The summed E-state index contributed by atoms with van der Waals surface area (Å²) in [5.41, 5.74) is 5.98. The second-order valence-corrected chi connectivity index (χ2v) is 5.13. The Balaban J connectivity index is 1.78. The Morgan fingerprint density at radius 1 is 1.29 bits per heavy atom. The van der Waals surface area contributed by atoms with Crippen molar-refractivity contribution in [1.29, 1.82) is 0 Å². The Labute approximate surface area is 123 Å². The van der Waals surface area contributed by atoms with Crippen molar-refractivity contribution in [3.05, 3.63) is 24.0 Å². The van der Waals surface area contributed by atoms with Crippen molar-refractivity contribution in [3.8, 4) is 0 Å². The number of nitrogens with two attached hydrogens (primary N) is 1. The number of anilines is 2. The molecule has 4 N–H and O–H groups in total. The van der Waals surface area contributed by atoms with Gasteiger partial charge in [0.15, 0.2) is 0 Å². The Kier molecular flexibility index (Phi) is 5.49. The van der Waals surface area contributed by atoms with Crippen LogP contribution >= 0.6 is 0 Å². The number of benzene rings is 1. The summed E-state index contributed by atoms with van der Waals surface area (Å²) in [4.78, 5) is 16.2. The number of aliphatic hydroxyl groups is 1. The molecule has 7 heteroatoms. The second kappa shape index (κ2) is 7.35. The molecule has 0 saturated carbocycles. The summed E-state index contributed by atoms with van der Waals surface area (Å²) in [6.45, 7) is 4.40. The molecule has 2 rings (SSSR count). The third-order valence-corrected chi connectivity index (χ3v) is 3.53. The number of carbonyl (C=O) groups excluding carboxylic acids is 1. The van der Waals surface area contributed by atoms with Gasteiger partial charge >= 0.3 is 0 Å². The molecule has 0 aromatic heterocycles. The van der Waals surface area contributed by atoms with E-state index in [1.807, 2.05) is 0 Å². The number of piperazine rings is 1. The first-order valence-corrected chi connectivity index (χ1v) is 6.99. The van der Waals surface area contributed by atoms with Crippen LogP contribution in [0.3, 0.4) is 0 Å². The number of hydrogen-bond acceptors (Lipinski definition) is 5. The number of aliphatic hydroxyl groups excluding tert-OH is 1. The highest BCUT2D eigenvalue weighted by atomic mass is 19.1. The summed E-state index contributed by atoms with van der Waals surface area (Å²) >= 11 is 0. The van der Waals surface area contributed by atoms with E-state index in [4.69, 9.17) is 10.8 Å². The topological polar surface area (TPSA) is 81.8 Å². The number of hydrogen-bond donors (Lipinski definition) is 3. The van der Waals surface area contributed by atoms with Crippen LogP contribution in [0, 0.1) is 5.82 Å². The quantitative estimate of drug-likeness (QED) is 0.664. The number of nitrogen functional groups attached to an aromatic ring is 1. The maximum absolute atomic E-state index is 13.0. The van der Waals surface area contributed by atoms with E-state index in [1.165, 1.54) is 18.2 Å². The van der Waals surface area contributed by atoms with E-state index in [1.54, 1.807) is 0 Å². The number of halogens is 1. The normalized spacial score (nSPS) is 16.9. The summed E-state index contributed by atoms with van der Waals surface area (Å²) in [5, 5.41) is 11.6. The Morgan fingerprint density at radius 3 is 2.57 bits per heavy atom. The predicted molar refractivity (Wildman–Crippen MR) is 79.4 cm³/mol. The molecule has 0 bridgehead atoms. The van der Waals surface area contributed by atoms with Gasteiger partial charge in [0.25, 0.3) is 0 Å². The lowest BCUT2D eigenvalue weighted by molar-refractivity contribution is -0.117. The first-order chi connectivity index (χ1) is 10.1. The van der Waals surface area contributed by atoms with Gasteiger partial charge in [-0.1, -0.05) is 0 Å². The number of nitrogens with one attached hydrogen (secondary N) is 1. The summed E-state index contributed by atoms with van der Waals surface area (Å²) in [6, 6.07) is 4.13. The average molecular weight is 296 g/mol. The van der Waals surface area contributed by atoms with Crippen LogP contribution in [0.4, 0.5) is 15.8 Å². The molecule has 1 heterocycles. The van der Waals surface area contributed by atoms with Crippen molar-refractivity contribution >= 4 is 17.3 Å². The standard InChI is InChI=1S/C14H21FN4O2/c15-12-2-1-11(9-13(12)16)17-14(21)10-19-5-3-18(4-6-19)7-8-20/h1-2,9,20H,3-8,10,16H2,(H,17,21). The van der Waals surface area contributed by atoms with Crippen molar-refractivity contribution in [2.75, 3.05) is 56.9 Å². The number of β-amino-alcohol motifs (C(OH)–C–C–N with tert-alkyl or cyclic N) is 1. The van der Waals surface area contributed by atoms with Crippen LogP contribution in [0.15, 0.2) is 18.2 Å². The van der Waals surface area contributed by atoms with E-state index in [0.717, 1.165) is 26.2 Å². The molecule has 1 fully saturated rings. The number of rotatable bonds is 5. The molecular weight excluding hydrogens is 275 g/mol. The highest BCUT2D eigenvalue weighted by Gasteiger charge is 2.18. The highest BCUT2D eigenvalue weighted by Crippen LogP contribution is 2.16. The Morgan fingerprint density at radius 2 is 1.95 bits per heavy atom. The van der Waals surface area contributed by atoms with E-state index < -0.39 is 5.82 Å². The third kappa shape index (κ3) is 4.66. The van der Waals surface area contributed by atoms with Crippen LogP contribution in [0.2, 0.25) is 0 Å². The molecule has 1 aromatic carbocycles. The van der Waals surface area contributed by atoms with Gasteiger partial charge in [-0.25, -0.2) is 4.39 Å². The lowest BCUT2D eigenvalue weighted by atomic mass is 10.2. The molecule has 0 radical (unpaired) electrons. The summed E-state index contributed by atoms with van der Waals surface area (Å²) < 4.78 is 13.0. The highest BCUT2D eigenvalue weighted by molar-refractivity contribution is 5.92. The van der Waals surface area contributed by atoms with Gasteiger partial charge in [-0.05, 0) is 18.2 Å². The van der Waals surface area contributed by atoms with Gasteiger partial charge in [0.1, 0.15) is 5.82 Å². The molecule has 21 heavy (non-hydrogen) atoms. The number of nitrogens with zero attached hydrogens (tertiary/aromatic N) is 2. The van der Waals surface area contributed by atoms with E-state index in [0.29, 0.717) is 18.8 Å². The van der Waals surface area contributed by atoms with Crippen molar-refractivity contribution in [2.45, 2.75) is 0 Å². The second-order valence-electron chi connectivity index (χ2n) is 5.13. The van der Waals surface area contributed by atoms with Crippen LogP contribution in [-0.4, -0.2) is 66.7 Å². The average Bonchev–Trinajstić information content (AvgIpc) is 2.45. The molecule has 0 spiro atoms. The molecule has 0 unspecified atom stereocenters. The Bertz CT molecular complexity index is 490. The van der Waals surface area contributed by atoms with E-state index in [9.17, 15) is 9.18 Å². The van der Waals surface area contributed by atoms with Gasteiger partial charge in [-0.15, -0.1) is 0 Å². The van der Waals surface area contributed by atoms with Crippen LogP contribution in [0.25, 0.3) is 0 Å². The SMILES string of the molecule is Nc1cc(NC(=O)CN2CCN(CCO)CC2)ccc1F. The maximum atomic E-state index is 13.0. The van der Waals surface area contributed by atoms with Crippen LogP contribution in [0.5, 0.6) is 0 Å². The minimum absolute atomic E-state index is 0.0189. The molecule has 1 aliphatic rings. The first kappa shape index (κ1) is 15.7. The number of amides is 1. The molecule has 1 saturated heterocycles. The van der Waals surface area contributed by atoms with Gasteiger partial charge < -0.3 is 16.2 Å². The number of carbonyl (C=O) groups is 1. The third-order valence-electron chi connectivity index (χ3n) is 3.53. The molecular formula is C14H21FN4O2. The lowest BCUT2D eigenvalue weighted by Gasteiger charge is -2.33. The summed E-state index contributed by atoms with van der Waals surface area (Å²) in [6.07, 6.45) is 0. The van der Waals surface area contributed by atoms with Crippen molar-refractivity contribution < 1.29 is 14.3 Å². The van der Waals surface area contributed by atoms with E-state index >= 15 is 0 Å². The fourth-order valence-corrected chi connectivity index (χ4v) is 2.34. The van der Waals surface area contributed by atoms with Gasteiger partial charge in [-0.2, -0.15) is 0 Å². The molecule has 0 aliphatic carbocycles. The monoisotopic (exact) mass is 296 g/mol. The fourth-order valence-electron chi connectivity index (χ4n) is 2.34. The van der Waals surface area contributed by atoms with E-state index in [-0.39, 0.29) is 18.2 Å². The smallest absolute Gasteiger partial charge is 0.238 e. The van der Waals surface area contributed by atoms with Crippen LogP contribution in [0.1, 0.15) is 0 Å². The minimum atomic E-state index is -0.493. The molecule has 6 nitrogen and oxygen atoms in total. The van der Waals surface area contributed by atoms with Gasteiger partial charge in [0.2, 0.25) is 5.91 Å². The Hall–Kier alpha value is -1.70. The molecule has 0 atom stereocenters. The zero-order valence-electron chi connectivity index (χ0n) is 11.9. The zero-order chi connectivity index (χ0) is 15.2. The zero-order valence-corrected chi connectivity index (χ0v) is 11.9. The van der Waals surface area contributed by atoms with E-state index in [2.05, 4.69) is 15.1 Å². The lowest BCUT2D eigenvalue weighted by Crippen LogP contribution is -2.49. The van der Waals surface area contributed by atoms with Gasteiger partial charge in [0.05, 0.1) is 18.8 Å². The molecule has 1 amide bonds.